The van der Waals surface area contributed by atoms with E-state index in [4.69, 9.17) is 5.26 Å². The van der Waals surface area contributed by atoms with Gasteiger partial charge in [-0.05, 0) is 42.3 Å². The molecule has 24 heavy (non-hydrogen) atoms. The summed E-state index contributed by atoms with van der Waals surface area (Å²) in [7, 11) is 1.70. The van der Waals surface area contributed by atoms with Crippen LogP contribution in [-0.4, -0.2) is 49.9 Å². The third-order valence-corrected chi connectivity index (χ3v) is 4.68. The third-order valence-electron chi connectivity index (χ3n) is 3.66. The standard InChI is InChI=1S/C16H20N6OS/c1-11-7-5-8-12(2)14(11)22-16(18-19-20-22)24-13(3)15(23)21(4)10-6-9-17/h5,7-8,13H,6,10H2,1-4H3/t13-/m1/s1. The number of aryl methyl sites for hydroxylation is 2. The summed E-state index contributed by atoms with van der Waals surface area (Å²) in [6.07, 6.45) is 0.319. The van der Waals surface area contributed by atoms with E-state index in [1.807, 2.05) is 45.0 Å². The van der Waals surface area contributed by atoms with Crippen LogP contribution in [0.1, 0.15) is 24.5 Å². The monoisotopic (exact) mass is 344 g/mol. The third kappa shape index (κ3) is 3.92. The van der Waals surface area contributed by atoms with Crippen LogP contribution in [0.4, 0.5) is 0 Å². The van der Waals surface area contributed by atoms with Crippen LogP contribution in [0.5, 0.6) is 0 Å². The van der Waals surface area contributed by atoms with E-state index < -0.39 is 0 Å². The van der Waals surface area contributed by atoms with Crippen LogP contribution in [0.3, 0.4) is 0 Å². The maximum atomic E-state index is 12.4. The number of tetrazole rings is 1. The highest BCUT2D eigenvalue weighted by Gasteiger charge is 2.22. The number of amides is 1. The lowest BCUT2D eigenvalue weighted by molar-refractivity contribution is -0.128. The van der Waals surface area contributed by atoms with Gasteiger partial charge in [0, 0.05) is 13.6 Å². The first kappa shape index (κ1) is 17.9. The Kier molecular flexibility index (Phi) is 5.93. The van der Waals surface area contributed by atoms with Crippen molar-refractivity contribution in [1.29, 1.82) is 5.26 Å². The molecule has 0 unspecified atom stereocenters. The Hall–Kier alpha value is -2.40. The van der Waals surface area contributed by atoms with Crippen molar-refractivity contribution in [2.45, 2.75) is 37.6 Å². The highest BCUT2D eigenvalue weighted by Crippen LogP contribution is 2.26. The molecule has 0 aliphatic rings. The molecule has 0 aliphatic carbocycles. The minimum absolute atomic E-state index is 0.0497. The Morgan fingerprint density at radius 2 is 2.08 bits per heavy atom. The van der Waals surface area contributed by atoms with Gasteiger partial charge in [0.15, 0.2) is 0 Å². The first-order chi connectivity index (χ1) is 11.5. The average molecular weight is 344 g/mol. The zero-order valence-corrected chi connectivity index (χ0v) is 15.0. The SMILES string of the molecule is Cc1cccc(C)c1-n1nnnc1S[C@H](C)C(=O)N(C)CCC#N. The lowest BCUT2D eigenvalue weighted by Gasteiger charge is -2.19. The largest absolute Gasteiger partial charge is 0.344 e. The molecule has 1 atom stereocenters. The van der Waals surface area contributed by atoms with Gasteiger partial charge in [-0.25, -0.2) is 0 Å². The van der Waals surface area contributed by atoms with E-state index in [-0.39, 0.29) is 11.2 Å². The fourth-order valence-corrected chi connectivity index (χ4v) is 3.29. The first-order valence-corrected chi connectivity index (χ1v) is 8.47. The number of carbonyl (C=O) groups is 1. The molecule has 0 saturated heterocycles. The van der Waals surface area contributed by atoms with Crippen LogP contribution in [0.25, 0.3) is 5.69 Å². The molecule has 0 N–H and O–H groups in total. The number of nitriles is 1. The first-order valence-electron chi connectivity index (χ1n) is 7.59. The van der Waals surface area contributed by atoms with Crippen LogP contribution in [0.2, 0.25) is 0 Å². The van der Waals surface area contributed by atoms with Gasteiger partial charge in [0.2, 0.25) is 11.1 Å². The summed E-state index contributed by atoms with van der Waals surface area (Å²) in [4.78, 5) is 13.9. The number of nitrogens with zero attached hydrogens (tertiary/aromatic N) is 6. The van der Waals surface area contributed by atoms with Gasteiger partial charge in [-0.2, -0.15) is 9.94 Å². The van der Waals surface area contributed by atoms with Crippen LogP contribution < -0.4 is 0 Å². The van der Waals surface area contributed by atoms with Gasteiger partial charge in [0.25, 0.3) is 0 Å². The zero-order chi connectivity index (χ0) is 17.7. The van der Waals surface area contributed by atoms with E-state index in [9.17, 15) is 4.79 Å². The van der Waals surface area contributed by atoms with E-state index in [1.165, 1.54) is 11.8 Å². The lowest BCUT2D eigenvalue weighted by atomic mass is 10.1. The summed E-state index contributed by atoms with van der Waals surface area (Å²) >= 11 is 1.31. The zero-order valence-electron chi connectivity index (χ0n) is 14.2. The van der Waals surface area contributed by atoms with Crippen molar-refractivity contribution in [3.05, 3.63) is 29.3 Å². The molecule has 7 nitrogen and oxygen atoms in total. The molecule has 126 valence electrons. The van der Waals surface area contributed by atoms with Crippen LogP contribution in [-0.2, 0) is 4.79 Å². The van der Waals surface area contributed by atoms with Crippen molar-refractivity contribution in [2.75, 3.05) is 13.6 Å². The molecular formula is C16H20N6OS. The molecule has 2 rings (SSSR count). The molecule has 2 aromatic rings. The Bertz CT molecular complexity index is 746. The number of aromatic nitrogens is 4. The van der Waals surface area contributed by atoms with Crippen molar-refractivity contribution >= 4 is 17.7 Å². The van der Waals surface area contributed by atoms with Gasteiger partial charge in [0.05, 0.1) is 23.4 Å². The maximum Gasteiger partial charge on any atom is 0.235 e. The number of para-hydroxylation sites is 1. The summed E-state index contributed by atoms with van der Waals surface area (Å²) in [5.74, 6) is -0.0497. The van der Waals surface area contributed by atoms with Crippen molar-refractivity contribution in [3.63, 3.8) is 0 Å². The second-order valence-corrected chi connectivity index (χ2v) is 6.85. The predicted octanol–water partition coefficient (Wildman–Crippen LogP) is 2.13. The molecule has 0 aliphatic heterocycles. The quantitative estimate of drug-likeness (QED) is 0.746. The van der Waals surface area contributed by atoms with Gasteiger partial charge < -0.3 is 4.90 Å². The van der Waals surface area contributed by atoms with E-state index in [1.54, 1.807) is 16.6 Å². The molecule has 8 heteroatoms. The summed E-state index contributed by atoms with van der Waals surface area (Å²) in [6, 6.07) is 8.04. The van der Waals surface area contributed by atoms with E-state index in [2.05, 4.69) is 15.5 Å². The molecule has 1 aromatic heterocycles. The number of benzene rings is 1. The van der Waals surface area contributed by atoms with Crippen molar-refractivity contribution in [2.24, 2.45) is 0 Å². The smallest absolute Gasteiger partial charge is 0.235 e. The second-order valence-electron chi connectivity index (χ2n) is 5.54. The van der Waals surface area contributed by atoms with Gasteiger partial charge in [0.1, 0.15) is 0 Å². The van der Waals surface area contributed by atoms with Gasteiger partial charge in [-0.3, -0.25) is 4.79 Å². The average Bonchev–Trinajstić information content (AvgIpc) is 2.99. The Morgan fingerprint density at radius 3 is 2.71 bits per heavy atom. The topological polar surface area (TPSA) is 87.7 Å². The fraction of sp³-hybridized carbons (Fsp3) is 0.438. The maximum absolute atomic E-state index is 12.4. The van der Waals surface area contributed by atoms with Gasteiger partial charge >= 0.3 is 0 Å². The Morgan fingerprint density at radius 1 is 1.42 bits per heavy atom. The van der Waals surface area contributed by atoms with E-state index in [0.717, 1.165) is 16.8 Å². The predicted molar refractivity (Wildman–Crippen MR) is 91.8 cm³/mol. The minimum atomic E-state index is -0.345. The molecule has 1 aromatic carbocycles. The highest BCUT2D eigenvalue weighted by atomic mass is 32.2. The lowest BCUT2D eigenvalue weighted by Crippen LogP contribution is -2.34. The summed E-state index contributed by atoms with van der Waals surface area (Å²) in [6.45, 7) is 6.24. The number of rotatable bonds is 6. The van der Waals surface area contributed by atoms with Crippen LogP contribution in [0.15, 0.2) is 23.4 Å². The van der Waals surface area contributed by atoms with Gasteiger partial charge in [-0.1, -0.05) is 30.0 Å². The summed E-state index contributed by atoms with van der Waals surface area (Å²) in [5, 5.41) is 20.8. The Labute approximate surface area is 145 Å². The Balaban J connectivity index is 2.20. The summed E-state index contributed by atoms with van der Waals surface area (Å²) < 4.78 is 1.67. The molecule has 1 amide bonds. The molecular weight excluding hydrogens is 324 g/mol. The van der Waals surface area contributed by atoms with Crippen molar-refractivity contribution in [3.8, 4) is 11.8 Å². The highest BCUT2D eigenvalue weighted by molar-refractivity contribution is 8.00. The number of carbonyl (C=O) groups excluding carboxylic acids is 1. The van der Waals surface area contributed by atoms with E-state index in [0.29, 0.717) is 18.1 Å². The summed E-state index contributed by atoms with van der Waals surface area (Å²) in [5.41, 5.74) is 3.06. The van der Waals surface area contributed by atoms with Crippen LogP contribution in [0, 0.1) is 25.2 Å². The second kappa shape index (κ2) is 7.93. The molecule has 0 spiro atoms. The van der Waals surface area contributed by atoms with Crippen molar-refractivity contribution < 1.29 is 4.79 Å². The fourth-order valence-electron chi connectivity index (χ4n) is 2.38. The molecule has 0 fully saturated rings. The molecule has 0 bridgehead atoms. The normalized spacial score (nSPS) is 11.8. The number of thioether (sulfide) groups is 1. The van der Waals surface area contributed by atoms with Crippen LogP contribution >= 0.6 is 11.8 Å². The van der Waals surface area contributed by atoms with Crippen molar-refractivity contribution in [1.82, 2.24) is 25.1 Å². The molecule has 1 heterocycles. The number of hydrogen-bond donors (Lipinski definition) is 0. The van der Waals surface area contributed by atoms with Gasteiger partial charge in [-0.15, -0.1) is 5.10 Å². The minimum Gasteiger partial charge on any atom is -0.344 e. The molecule has 0 saturated carbocycles. The molecule has 0 radical (unpaired) electrons. The van der Waals surface area contributed by atoms with E-state index >= 15 is 0 Å². The number of hydrogen-bond acceptors (Lipinski definition) is 6.